The summed E-state index contributed by atoms with van der Waals surface area (Å²) in [5, 5.41) is 0. The number of aromatic nitrogens is 3. The average molecular weight is 295 g/mol. The number of halogens is 2. The predicted molar refractivity (Wildman–Crippen MR) is 72.1 cm³/mol. The van der Waals surface area contributed by atoms with Crippen LogP contribution in [-0.2, 0) is 0 Å². The molecule has 1 unspecified atom stereocenters. The fourth-order valence-corrected chi connectivity index (χ4v) is 2.57. The molecule has 0 saturated carbocycles. The Kier molecular flexibility index (Phi) is 2.93. The lowest BCUT2D eigenvalue weighted by Gasteiger charge is -2.10. The first-order valence-electron chi connectivity index (χ1n) is 5.99. The zero-order valence-corrected chi connectivity index (χ0v) is 11.6. The van der Waals surface area contributed by atoms with Crippen LogP contribution in [0.4, 0.5) is 8.78 Å². The molecule has 1 N–H and O–H groups in total. The number of nitrogens with one attached hydrogen (secondary N) is 1. The minimum atomic E-state index is -0.680. The van der Waals surface area contributed by atoms with Crippen LogP contribution in [0, 0.1) is 23.3 Å². The van der Waals surface area contributed by atoms with E-state index in [0.29, 0.717) is 17.2 Å². The summed E-state index contributed by atoms with van der Waals surface area (Å²) in [7, 11) is 0. The minimum Gasteiger partial charge on any atom is -0.444 e. The van der Waals surface area contributed by atoms with E-state index < -0.39 is 11.6 Å². The number of hydrogen-bond acceptors (Lipinski definition) is 3. The van der Waals surface area contributed by atoms with Gasteiger partial charge in [0, 0.05) is 6.07 Å². The van der Waals surface area contributed by atoms with Gasteiger partial charge in [0.1, 0.15) is 23.1 Å². The van der Waals surface area contributed by atoms with E-state index in [-0.39, 0.29) is 16.3 Å². The fraction of sp³-hybridized carbons (Fsp3) is 0.231. The van der Waals surface area contributed by atoms with Gasteiger partial charge in [0.15, 0.2) is 10.6 Å². The summed E-state index contributed by atoms with van der Waals surface area (Å²) in [6.07, 6.45) is 1.59. The first kappa shape index (κ1) is 13.0. The van der Waals surface area contributed by atoms with Gasteiger partial charge in [-0.15, -0.1) is 0 Å². The van der Waals surface area contributed by atoms with Crippen molar-refractivity contribution in [3.05, 3.63) is 46.4 Å². The van der Waals surface area contributed by atoms with Crippen LogP contribution in [0.1, 0.15) is 24.6 Å². The number of aromatic amines is 1. The first-order valence-corrected chi connectivity index (χ1v) is 6.40. The van der Waals surface area contributed by atoms with E-state index in [1.807, 2.05) is 0 Å². The number of H-pyrrole nitrogens is 1. The second-order valence-electron chi connectivity index (χ2n) is 4.57. The van der Waals surface area contributed by atoms with Crippen LogP contribution in [-0.4, -0.2) is 14.5 Å². The Hall–Kier alpha value is -2.02. The second kappa shape index (κ2) is 4.52. The molecule has 0 amide bonds. The molecule has 0 radical (unpaired) electrons. The first-order chi connectivity index (χ1) is 9.47. The predicted octanol–water partition coefficient (Wildman–Crippen LogP) is 3.88. The van der Waals surface area contributed by atoms with Gasteiger partial charge in [0.2, 0.25) is 5.89 Å². The van der Waals surface area contributed by atoms with Crippen LogP contribution >= 0.6 is 12.2 Å². The Balaban J connectivity index is 2.25. The molecule has 2 heterocycles. The average Bonchev–Trinajstić information content (AvgIpc) is 2.92. The lowest BCUT2D eigenvalue weighted by Crippen LogP contribution is -2.07. The molecular weight excluding hydrogens is 284 g/mol. The van der Waals surface area contributed by atoms with Gasteiger partial charge >= 0.3 is 0 Å². The van der Waals surface area contributed by atoms with Crippen LogP contribution in [0.25, 0.3) is 11.0 Å². The Labute approximate surface area is 118 Å². The van der Waals surface area contributed by atoms with Crippen LogP contribution < -0.4 is 0 Å². The number of fused-ring (bicyclic) bond motifs is 1. The van der Waals surface area contributed by atoms with E-state index >= 15 is 0 Å². The van der Waals surface area contributed by atoms with Gasteiger partial charge in [0.25, 0.3) is 0 Å². The van der Waals surface area contributed by atoms with Crippen LogP contribution in [0.5, 0.6) is 0 Å². The number of oxazole rings is 1. The number of rotatable bonds is 2. The molecule has 7 heteroatoms. The van der Waals surface area contributed by atoms with Gasteiger partial charge in [-0.05, 0) is 32.1 Å². The Morgan fingerprint density at radius 1 is 1.40 bits per heavy atom. The minimum absolute atomic E-state index is 0.173. The number of hydrogen-bond donors (Lipinski definition) is 1. The maximum absolute atomic E-state index is 13.7. The Morgan fingerprint density at radius 2 is 2.15 bits per heavy atom. The lowest BCUT2D eigenvalue weighted by atomic mass is 10.2. The third-order valence-corrected chi connectivity index (χ3v) is 3.43. The largest absolute Gasteiger partial charge is 0.444 e. The van der Waals surface area contributed by atoms with Gasteiger partial charge in [-0.2, -0.15) is 0 Å². The van der Waals surface area contributed by atoms with Crippen LogP contribution in [0.15, 0.2) is 22.7 Å². The highest BCUT2D eigenvalue weighted by atomic mass is 32.1. The zero-order valence-electron chi connectivity index (χ0n) is 10.8. The van der Waals surface area contributed by atoms with Crippen molar-refractivity contribution in [2.24, 2.45) is 0 Å². The van der Waals surface area contributed by atoms with E-state index in [2.05, 4.69) is 9.97 Å². The molecule has 104 valence electrons. The summed E-state index contributed by atoms with van der Waals surface area (Å²) in [6, 6.07) is 1.68. The Morgan fingerprint density at radius 3 is 2.80 bits per heavy atom. The van der Waals surface area contributed by atoms with E-state index in [9.17, 15) is 8.78 Å². The van der Waals surface area contributed by atoms with E-state index in [4.69, 9.17) is 16.6 Å². The van der Waals surface area contributed by atoms with E-state index in [1.165, 1.54) is 6.07 Å². The van der Waals surface area contributed by atoms with Gasteiger partial charge < -0.3 is 14.0 Å². The molecule has 3 rings (SSSR count). The molecule has 3 aromatic rings. The van der Waals surface area contributed by atoms with Crippen molar-refractivity contribution in [2.45, 2.75) is 19.9 Å². The number of aryl methyl sites for hydroxylation is 1. The molecule has 0 aliphatic heterocycles. The summed E-state index contributed by atoms with van der Waals surface area (Å²) >= 11 is 5.19. The molecule has 0 fully saturated rings. The van der Waals surface area contributed by atoms with Crippen molar-refractivity contribution >= 4 is 23.3 Å². The maximum atomic E-state index is 13.7. The van der Waals surface area contributed by atoms with E-state index in [0.717, 1.165) is 6.07 Å². The summed E-state index contributed by atoms with van der Waals surface area (Å²) in [5.74, 6) is -0.242. The van der Waals surface area contributed by atoms with Gasteiger partial charge in [0.05, 0.1) is 11.7 Å². The molecule has 1 aromatic carbocycles. The van der Waals surface area contributed by atoms with Crippen LogP contribution in [0.3, 0.4) is 0 Å². The summed E-state index contributed by atoms with van der Waals surface area (Å²) in [6.45, 7) is 3.58. The topological polar surface area (TPSA) is 46.8 Å². The van der Waals surface area contributed by atoms with Crippen molar-refractivity contribution in [2.75, 3.05) is 0 Å². The molecule has 0 bridgehead atoms. The highest BCUT2D eigenvalue weighted by Crippen LogP contribution is 2.26. The second-order valence-corrected chi connectivity index (χ2v) is 4.95. The maximum Gasteiger partial charge on any atom is 0.217 e. The quantitative estimate of drug-likeness (QED) is 0.730. The Bertz CT molecular complexity index is 849. The third-order valence-electron chi connectivity index (χ3n) is 3.13. The highest BCUT2D eigenvalue weighted by Gasteiger charge is 2.19. The lowest BCUT2D eigenvalue weighted by molar-refractivity contribution is 0.417. The highest BCUT2D eigenvalue weighted by molar-refractivity contribution is 7.71. The van der Waals surface area contributed by atoms with Crippen molar-refractivity contribution in [1.82, 2.24) is 14.5 Å². The monoisotopic (exact) mass is 295 g/mol. The number of imidazole rings is 1. The zero-order chi connectivity index (χ0) is 14.4. The SMILES string of the molecule is Cc1cnc(C(C)n2c(=S)[nH]c3c(F)cc(F)cc32)o1. The summed E-state index contributed by atoms with van der Waals surface area (Å²) in [4.78, 5) is 6.88. The smallest absolute Gasteiger partial charge is 0.217 e. The van der Waals surface area contributed by atoms with Gasteiger partial charge in [-0.25, -0.2) is 13.8 Å². The third kappa shape index (κ3) is 1.94. The normalized spacial score (nSPS) is 13.0. The molecule has 4 nitrogen and oxygen atoms in total. The van der Waals surface area contributed by atoms with Crippen molar-refractivity contribution in [1.29, 1.82) is 0 Å². The van der Waals surface area contributed by atoms with Crippen molar-refractivity contribution in [3.63, 3.8) is 0 Å². The standard InChI is InChI=1S/C13H11F2N3OS/c1-6-5-16-12(19-6)7(2)18-10-4-8(14)3-9(15)11(10)17-13(18)20/h3-5,7H,1-2H3,(H,17,20). The molecule has 0 saturated heterocycles. The molecule has 0 aliphatic rings. The molecule has 1 atom stereocenters. The number of nitrogens with zero attached hydrogens (tertiary/aromatic N) is 2. The summed E-state index contributed by atoms with van der Waals surface area (Å²) < 4.78 is 34.5. The molecular formula is C13H11F2N3OS. The molecule has 0 aliphatic carbocycles. The van der Waals surface area contributed by atoms with E-state index in [1.54, 1.807) is 24.6 Å². The van der Waals surface area contributed by atoms with Crippen molar-refractivity contribution in [3.8, 4) is 0 Å². The van der Waals surface area contributed by atoms with Gasteiger partial charge in [-0.1, -0.05) is 0 Å². The summed E-state index contributed by atoms with van der Waals surface area (Å²) in [5.41, 5.74) is 0.516. The molecule has 0 spiro atoms. The molecule has 20 heavy (non-hydrogen) atoms. The fourth-order valence-electron chi connectivity index (χ4n) is 2.21. The number of benzene rings is 1. The van der Waals surface area contributed by atoms with Crippen molar-refractivity contribution < 1.29 is 13.2 Å². The molecule has 2 aromatic heterocycles. The van der Waals surface area contributed by atoms with Crippen LogP contribution in [0.2, 0.25) is 0 Å². The van der Waals surface area contributed by atoms with Gasteiger partial charge in [-0.3, -0.25) is 0 Å².